The first kappa shape index (κ1) is 12.1. The van der Waals surface area contributed by atoms with Crippen molar-refractivity contribution < 1.29 is 19.8 Å². The number of nitrogens with one attached hydrogen (secondary N) is 2. The number of hydrogen-bond donors (Lipinski definition) is 4. The van der Waals surface area contributed by atoms with Crippen molar-refractivity contribution in [3.63, 3.8) is 0 Å². The van der Waals surface area contributed by atoms with Crippen LogP contribution in [0.4, 0.5) is 0 Å². The number of carboxylic acids is 1. The Morgan fingerprint density at radius 3 is 2.78 bits per heavy atom. The third-order valence-corrected chi connectivity index (χ3v) is 2.57. The highest BCUT2D eigenvalue weighted by Crippen LogP contribution is 2.17. The van der Waals surface area contributed by atoms with Crippen LogP contribution in [0.25, 0.3) is 10.9 Å². The molecule has 6 heteroatoms. The molecule has 0 bridgehead atoms. The predicted octanol–water partition coefficient (Wildman–Crippen LogP) is 0.343. The van der Waals surface area contributed by atoms with E-state index in [0.29, 0.717) is 5.56 Å². The zero-order chi connectivity index (χ0) is 13.1. The van der Waals surface area contributed by atoms with Crippen molar-refractivity contribution in [1.82, 2.24) is 10.3 Å². The van der Waals surface area contributed by atoms with E-state index in [2.05, 4.69) is 10.3 Å². The quantitative estimate of drug-likeness (QED) is 0.626. The number of carboxylic acid groups (broad SMARTS) is 1. The Hall–Kier alpha value is -2.34. The van der Waals surface area contributed by atoms with Gasteiger partial charge in [-0.3, -0.25) is 4.79 Å². The molecule has 1 atom stereocenters. The van der Waals surface area contributed by atoms with Gasteiger partial charge in [-0.25, -0.2) is 4.79 Å². The van der Waals surface area contributed by atoms with Gasteiger partial charge >= 0.3 is 5.97 Å². The van der Waals surface area contributed by atoms with Crippen LogP contribution >= 0.6 is 0 Å². The van der Waals surface area contributed by atoms with Crippen molar-refractivity contribution in [3.8, 4) is 0 Å². The van der Waals surface area contributed by atoms with Crippen molar-refractivity contribution in [2.24, 2.45) is 0 Å². The fraction of sp³-hybridized carbons (Fsp3) is 0.167. The number of rotatable bonds is 4. The first-order valence-electron chi connectivity index (χ1n) is 5.35. The number of carbonyl (C=O) groups excluding carboxylic acids is 1. The molecule has 1 heterocycles. The van der Waals surface area contributed by atoms with Gasteiger partial charge in [0.05, 0.1) is 12.1 Å². The van der Waals surface area contributed by atoms with Gasteiger partial charge in [-0.15, -0.1) is 0 Å². The van der Waals surface area contributed by atoms with Crippen LogP contribution in [0.5, 0.6) is 0 Å². The molecule has 2 aromatic rings. The summed E-state index contributed by atoms with van der Waals surface area (Å²) < 4.78 is 0. The molecule has 0 aliphatic carbocycles. The van der Waals surface area contributed by atoms with Crippen molar-refractivity contribution in [2.45, 2.75) is 6.10 Å². The second-order valence-electron chi connectivity index (χ2n) is 3.81. The van der Waals surface area contributed by atoms with Crippen LogP contribution in [-0.2, 0) is 4.79 Å². The number of amides is 1. The van der Waals surface area contributed by atoms with Gasteiger partial charge in [0.2, 0.25) is 0 Å². The van der Waals surface area contributed by atoms with Crippen LogP contribution in [0.2, 0.25) is 0 Å². The van der Waals surface area contributed by atoms with Crippen LogP contribution < -0.4 is 5.32 Å². The van der Waals surface area contributed by atoms with E-state index in [4.69, 9.17) is 10.2 Å². The molecule has 0 saturated carbocycles. The van der Waals surface area contributed by atoms with Gasteiger partial charge in [-0.1, -0.05) is 18.2 Å². The first-order chi connectivity index (χ1) is 8.59. The minimum atomic E-state index is -1.60. The zero-order valence-corrected chi connectivity index (χ0v) is 9.38. The van der Waals surface area contributed by atoms with E-state index >= 15 is 0 Å². The normalized spacial score (nSPS) is 12.3. The van der Waals surface area contributed by atoms with E-state index < -0.39 is 18.0 Å². The van der Waals surface area contributed by atoms with E-state index in [1.807, 2.05) is 12.1 Å². The Morgan fingerprint density at radius 1 is 1.33 bits per heavy atom. The number of aromatic nitrogens is 1. The van der Waals surface area contributed by atoms with E-state index in [1.54, 1.807) is 18.3 Å². The van der Waals surface area contributed by atoms with E-state index in [0.717, 1.165) is 10.9 Å². The smallest absolute Gasteiger partial charge is 0.334 e. The number of H-pyrrole nitrogens is 1. The van der Waals surface area contributed by atoms with Gasteiger partial charge < -0.3 is 20.5 Å². The summed E-state index contributed by atoms with van der Waals surface area (Å²) in [5.41, 5.74) is 1.24. The Morgan fingerprint density at radius 2 is 2.06 bits per heavy atom. The summed E-state index contributed by atoms with van der Waals surface area (Å²) in [6, 6.07) is 7.26. The average Bonchev–Trinajstić information content (AvgIpc) is 2.79. The van der Waals surface area contributed by atoms with Crippen molar-refractivity contribution in [2.75, 3.05) is 6.54 Å². The number of hydrogen-bond acceptors (Lipinski definition) is 3. The second kappa shape index (κ2) is 4.89. The third-order valence-electron chi connectivity index (χ3n) is 2.57. The van der Waals surface area contributed by atoms with Crippen LogP contribution in [0.3, 0.4) is 0 Å². The molecule has 0 aliphatic rings. The minimum Gasteiger partial charge on any atom is -0.479 e. The summed E-state index contributed by atoms with van der Waals surface area (Å²) in [6.45, 7) is -0.326. The van der Waals surface area contributed by atoms with Gasteiger partial charge in [0.1, 0.15) is 0 Å². The molecule has 0 unspecified atom stereocenters. The maximum Gasteiger partial charge on any atom is 0.334 e. The molecule has 0 fully saturated rings. The second-order valence-corrected chi connectivity index (χ2v) is 3.81. The van der Waals surface area contributed by atoms with Crippen LogP contribution in [0, 0.1) is 0 Å². The molecule has 0 radical (unpaired) electrons. The number of carbonyl (C=O) groups is 2. The summed E-state index contributed by atoms with van der Waals surface area (Å²) in [7, 11) is 0. The van der Waals surface area contributed by atoms with Crippen molar-refractivity contribution in [3.05, 3.63) is 36.0 Å². The van der Waals surface area contributed by atoms with Crippen LogP contribution in [0.15, 0.2) is 30.5 Å². The predicted molar refractivity (Wildman–Crippen MR) is 64.3 cm³/mol. The van der Waals surface area contributed by atoms with Gasteiger partial charge in [-0.2, -0.15) is 0 Å². The number of aromatic amines is 1. The standard InChI is InChI=1S/C12H12N2O4/c15-10(12(17)18)6-14-11(16)8-5-13-9-4-2-1-3-7(8)9/h1-5,10,13,15H,6H2,(H,14,16)(H,17,18)/t10-/m0/s1. The number of benzene rings is 1. The van der Waals surface area contributed by atoms with E-state index in [1.165, 1.54) is 0 Å². The van der Waals surface area contributed by atoms with Gasteiger partial charge in [0.25, 0.3) is 5.91 Å². The molecule has 0 saturated heterocycles. The lowest BCUT2D eigenvalue weighted by Crippen LogP contribution is -2.36. The number of aliphatic hydroxyl groups excluding tert-OH is 1. The number of para-hydroxylation sites is 1. The van der Waals surface area contributed by atoms with Crippen LogP contribution in [0.1, 0.15) is 10.4 Å². The molecule has 4 N–H and O–H groups in total. The van der Waals surface area contributed by atoms with E-state index in [-0.39, 0.29) is 6.54 Å². The average molecular weight is 248 g/mol. The fourth-order valence-electron chi connectivity index (χ4n) is 1.63. The summed E-state index contributed by atoms with van der Waals surface area (Å²) >= 11 is 0. The highest BCUT2D eigenvalue weighted by atomic mass is 16.4. The Balaban J connectivity index is 2.12. The Labute approximate surface area is 102 Å². The van der Waals surface area contributed by atoms with Crippen molar-refractivity contribution in [1.29, 1.82) is 0 Å². The van der Waals surface area contributed by atoms with Gasteiger partial charge in [0, 0.05) is 17.1 Å². The molecule has 0 spiro atoms. The molecular formula is C12H12N2O4. The molecule has 2 rings (SSSR count). The summed E-state index contributed by atoms with van der Waals surface area (Å²) in [6.07, 6.45) is -0.0492. The Kier molecular flexibility index (Phi) is 3.29. The maximum absolute atomic E-state index is 11.8. The molecule has 1 amide bonds. The SMILES string of the molecule is O=C(NC[C@H](O)C(=O)O)c1c[nH]c2ccccc12. The number of aliphatic carboxylic acids is 1. The van der Waals surface area contributed by atoms with Gasteiger partial charge in [-0.05, 0) is 6.07 Å². The fourth-order valence-corrected chi connectivity index (χ4v) is 1.63. The molecule has 94 valence electrons. The third kappa shape index (κ3) is 2.33. The monoisotopic (exact) mass is 248 g/mol. The van der Waals surface area contributed by atoms with Crippen molar-refractivity contribution >= 4 is 22.8 Å². The number of aliphatic hydroxyl groups is 1. The topological polar surface area (TPSA) is 102 Å². The number of fused-ring (bicyclic) bond motifs is 1. The summed E-state index contributed by atoms with van der Waals surface area (Å²) in [5.74, 6) is -1.79. The highest BCUT2D eigenvalue weighted by Gasteiger charge is 2.16. The molecular weight excluding hydrogens is 236 g/mol. The zero-order valence-electron chi connectivity index (χ0n) is 9.38. The molecule has 6 nitrogen and oxygen atoms in total. The molecule has 0 aliphatic heterocycles. The van der Waals surface area contributed by atoms with Crippen LogP contribution in [-0.4, -0.2) is 39.7 Å². The van der Waals surface area contributed by atoms with E-state index in [9.17, 15) is 9.59 Å². The molecule has 18 heavy (non-hydrogen) atoms. The lowest BCUT2D eigenvalue weighted by molar-refractivity contribution is -0.146. The first-order valence-corrected chi connectivity index (χ1v) is 5.35. The minimum absolute atomic E-state index is 0.326. The lowest BCUT2D eigenvalue weighted by Gasteiger charge is -2.06. The Bertz CT molecular complexity index is 591. The van der Waals surface area contributed by atoms with Gasteiger partial charge in [0.15, 0.2) is 6.10 Å². The summed E-state index contributed by atoms with van der Waals surface area (Å²) in [4.78, 5) is 25.2. The maximum atomic E-state index is 11.8. The summed E-state index contributed by atoms with van der Waals surface area (Å²) in [5, 5.41) is 20.7. The highest BCUT2D eigenvalue weighted by molar-refractivity contribution is 6.06. The lowest BCUT2D eigenvalue weighted by atomic mass is 10.1. The molecule has 1 aromatic heterocycles. The molecule has 1 aromatic carbocycles. The largest absolute Gasteiger partial charge is 0.479 e.